The van der Waals surface area contributed by atoms with Crippen LogP contribution in [-0.2, 0) is 16.2 Å². The maximum Gasteiger partial charge on any atom is 0.254 e. The quantitative estimate of drug-likeness (QED) is 0.402. The molecule has 0 radical (unpaired) electrons. The Morgan fingerprint density at radius 1 is 0.935 bits per heavy atom. The van der Waals surface area contributed by atoms with E-state index in [2.05, 4.69) is 17.3 Å². The van der Waals surface area contributed by atoms with E-state index in [0.717, 1.165) is 28.3 Å². The summed E-state index contributed by atoms with van der Waals surface area (Å²) < 4.78 is 5.79. The van der Waals surface area contributed by atoms with E-state index in [1.54, 1.807) is 6.21 Å². The summed E-state index contributed by atoms with van der Waals surface area (Å²) in [6.07, 6.45) is 7.07. The number of benzene rings is 2. The number of hydrazone groups is 1. The molecule has 1 heterocycles. The average molecular weight is 433 g/mol. The molecule has 6 heteroatoms. The molecule has 0 aromatic heterocycles. The predicted molar refractivity (Wildman–Crippen MR) is 116 cm³/mol. The Bertz CT molecular complexity index is 1070. The van der Waals surface area contributed by atoms with E-state index < -0.39 is 0 Å². The second-order valence-corrected chi connectivity index (χ2v) is 9.31. The molecule has 5 aliphatic rings. The van der Waals surface area contributed by atoms with Crippen LogP contribution in [0.25, 0.3) is 0 Å². The number of allylic oxidation sites excluding steroid dienone is 2. The van der Waals surface area contributed by atoms with Crippen LogP contribution in [0.15, 0.2) is 65.8 Å². The third-order valence-corrected chi connectivity index (χ3v) is 7.41. The predicted octanol–water partition coefficient (Wildman–Crippen LogP) is 4.31. The fourth-order valence-electron chi connectivity index (χ4n) is 5.58. The molecule has 0 spiro atoms. The third kappa shape index (κ3) is 3.10. The Balaban J connectivity index is 1.12. The van der Waals surface area contributed by atoms with Gasteiger partial charge in [0.05, 0.1) is 18.1 Å². The molecule has 156 valence electrons. The largest absolute Gasteiger partial charge is 0.489 e. The number of hydrogen-bond acceptors (Lipinski definition) is 4. The summed E-state index contributed by atoms with van der Waals surface area (Å²) in [6.45, 7) is 0.447. The van der Waals surface area contributed by atoms with Crippen LogP contribution in [0, 0.1) is 35.5 Å². The number of amides is 2. The Morgan fingerprint density at radius 2 is 1.55 bits per heavy atom. The highest BCUT2D eigenvalue weighted by atomic mass is 35.5. The fourth-order valence-corrected chi connectivity index (χ4v) is 5.70. The zero-order valence-corrected chi connectivity index (χ0v) is 17.5. The van der Waals surface area contributed by atoms with E-state index in [4.69, 9.17) is 16.3 Å². The van der Waals surface area contributed by atoms with Crippen molar-refractivity contribution >= 4 is 29.6 Å². The molecule has 1 saturated heterocycles. The molecule has 3 fully saturated rings. The molecule has 2 bridgehead atoms. The van der Waals surface area contributed by atoms with E-state index in [0.29, 0.717) is 23.5 Å². The van der Waals surface area contributed by atoms with Crippen LogP contribution in [-0.4, -0.2) is 23.0 Å². The summed E-state index contributed by atoms with van der Waals surface area (Å²) in [4.78, 5) is 25.9. The fraction of sp³-hybridized carbons (Fsp3) is 0.320. The monoisotopic (exact) mass is 432 g/mol. The van der Waals surface area contributed by atoms with E-state index in [9.17, 15) is 9.59 Å². The van der Waals surface area contributed by atoms with Crippen LogP contribution in [0.1, 0.15) is 17.5 Å². The van der Waals surface area contributed by atoms with Crippen molar-refractivity contribution in [3.8, 4) is 5.75 Å². The SMILES string of the molecule is O=C1[C@@H]2[C@@H]3C=C[C@H]([C@H]4C[C@H]34)[C@@H]2C(=O)N1/N=C\c1ccc(OCc2ccc(Cl)cc2)cc1. The molecule has 1 aliphatic heterocycles. The smallest absolute Gasteiger partial charge is 0.254 e. The summed E-state index contributed by atoms with van der Waals surface area (Å²) in [5.41, 5.74) is 1.84. The lowest BCUT2D eigenvalue weighted by Crippen LogP contribution is -2.40. The van der Waals surface area contributed by atoms with Crippen LogP contribution < -0.4 is 4.74 Å². The lowest BCUT2D eigenvalue weighted by Gasteiger charge is -2.37. The highest BCUT2D eigenvalue weighted by Crippen LogP contribution is 2.65. The molecule has 2 amide bonds. The van der Waals surface area contributed by atoms with Gasteiger partial charge in [0, 0.05) is 5.02 Å². The Morgan fingerprint density at radius 3 is 2.16 bits per heavy atom. The van der Waals surface area contributed by atoms with Crippen molar-refractivity contribution in [2.45, 2.75) is 13.0 Å². The van der Waals surface area contributed by atoms with Gasteiger partial charge in [0.1, 0.15) is 12.4 Å². The second kappa shape index (κ2) is 7.06. The number of ether oxygens (including phenoxy) is 1. The normalized spacial score (nSPS) is 32.5. The Hall–Kier alpha value is -2.92. The molecule has 7 rings (SSSR count). The average Bonchev–Trinajstić information content (AvgIpc) is 3.57. The molecule has 0 N–H and O–H groups in total. The number of carbonyl (C=O) groups excluding carboxylic acids is 2. The molecule has 4 aliphatic carbocycles. The van der Waals surface area contributed by atoms with Crippen molar-refractivity contribution in [2.75, 3.05) is 0 Å². The number of nitrogens with zero attached hydrogens (tertiary/aromatic N) is 2. The maximum atomic E-state index is 12.9. The number of halogens is 1. The van der Waals surface area contributed by atoms with Gasteiger partial charge in [-0.2, -0.15) is 10.1 Å². The molecular weight excluding hydrogens is 412 g/mol. The minimum Gasteiger partial charge on any atom is -0.489 e. The van der Waals surface area contributed by atoms with E-state index >= 15 is 0 Å². The Kier molecular flexibility index (Phi) is 4.29. The number of carbonyl (C=O) groups is 2. The molecule has 2 aromatic rings. The first-order valence-electron chi connectivity index (χ1n) is 10.7. The van der Waals surface area contributed by atoms with Crippen molar-refractivity contribution in [3.05, 3.63) is 76.8 Å². The minimum absolute atomic E-state index is 0.140. The van der Waals surface area contributed by atoms with Gasteiger partial charge < -0.3 is 4.74 Å². The zero-order valence-electron chi connectivity index (χ0n) is 16.7. The molecule has 0 unspecified atom stereocenters. The molecule has 31 heavy (non-hydrogen) atoms. The van der Waals surface area contributed by atoms with Gasteiger partial charge in [-0.25, -0.2) is 0 Å². The summed E-state index contributed by atoms with van der Waals surface area (Å²) in [7, 11) is 0. The van der Waals surface area contributed by atoms with Crippen molar-refractivity contribution in [3.63, 3.8) is 0 Å². The summed E-state index contributed by atoms with van der Waals surface area (Å²) in [5.74, 6) is 1.64. The summed E-state index contributed by atoms with van der Waals surface area (Å²) in [6, 6.07) is 14.9. The molecule has 6 atom stereocenters. The van der Waals surface area contributed by atoms with Crippen LogP contribution >= 0.6 is 11.6 Å². The molecule has 2 saturated carbocycles. The van der Waals surface area contributed by atoms with Crippen LogP contribution in [0.4, 0.5) is 0 Å². The lowest BCUT2D eigenvalue weighted by molar-refractivity contribution is -0.140. The topological polar surface area (TPSA) is 59.0 Å². The van der Waals surface area contributed by atoms with Gasteiger partial charge in [0.15, 0.2) is 0 Å². The molecular formula is C25H21ClN2O3. The first-order valence-corrected chi connectivity index (χ1v) is 11.1. The number of imide groups is 1. The summed E-state index contributed by atoms with van der Waals surface area (Å²) >= 11 is 5.90. The third-order valence-electron chi connectivity index (χ3n) is 7.16. The van der Waals surface area contributed by atoms with Gasteiger partial charge in [-0.3, -0.25) is 9.59 Å². The minimum atomic E-state index is -0.216. The number of hydrogen-bond donors (Lipinski definition) is 0. The summed E-state index contributed by atoms with van der Waals surface area (Å²) in [5, 5.41) is 6.08. The lowest BCUT2D eigenvalue weighted by atomic mass is 9.63. The second-order valence-electron chi connectivity index (χ2n) is 8.87. The first-order chi connectivity index (χ1) is 15.1. The van der Waals surface area contributed by atoms with Crippen LogP contribution in [0.5, 0.6) is 5.75 Å². The molecule has 2 aromatic carbocycles. The number of rotatable bonds is 5. The molecule has 5 nitrogen and oxygen atoms in total. The van der Waals surface area contributed by atoms with Crippen molar-refractivity contribution < 1.29 is 14.3 Å². The van der Waals surface area contributed by atoms with E-state index in [-0.39, 0.29) is 35.5 Å². The Labute approximate surface area is 185 Å². The van der Waals surface area contributed by atoms with Crippen LogP contribution in [0.3, 0.4) is 0 Å². The van der Waals surface area contributed by atoms with Crippen molar-refractivity contribution in [1.82, 2.24) is 5.01 Å². The highest BCUT2D eigenvalue weighted by molar-refractivity contribution is 6.30. The van der Waals surface area contributed by atoms with Crippen LogP contribution in [0.2, 0.25) is 5.02 Å². The van der Waals surface area contributed by atoms with E-state index in [1.807, 2.05) is 48.5 Å². The van der Waals surface area contributed by atoms with Gasteiger partial charge >= 0.3 is 0 Å². The van der Waals surface area contributed by atoms with Gasteiger partial charge in [0.2, 0.25) is 0 Å². The maximum absolute atomic E-state index is 12.9. The zero-order chi connectivity index (χ0) is 21.1. The first kappa shape index (κ1) is 18.8. The van der Waals surface area contributed by atoms with Crippen molar-refractivity contribution in [2.24, 2.45) is 40.6 Å². The van der Waals surface area contributed by atoms with Gasteiger partial charge in [-0.15, -0.1) is 0 Å². The van der Waals surface area contributed by atoms with Gasteiger partial charge in [-0.05, 0) is 77.6 Å². The van der Waals surface area contributed by atoms with E-state index in [1.165, 1.54) is 0 Å². The van der Waals surface area contributed by atoms with Crippen molar-refractivity contribution in [1.29, 1.82) is 0 Å². The highest BCUT2D eigenvalue weighted by Gasteiger charge is 2.67. The standard InChI is InChI=1S/C25H21ClN2O3/c26-16-5-1-15(2-6-16)13-31-17-7-3-14(4-8-17)12-27-28-24(29)22-18-9-10-19(21-11-20(18)21)23(22)25(28)30/h1-10,12,18-23H,11,13H2/b27-12-/t18-,19-,20-,21-,22-,23+/m1/s1. The van der Waals surface area contributed by atoms with Gasteiger partial charge in [-0.1, -0.05) is 35.9 Å². The van der Waals surface area contributed by atoms with Gasteiger partial charge in [0.25, 0.3) is 11.8 Å².